The molecule has 0 fully saturated rings. The van der Waals surface area contributed by atoms with Gasteiger partial charge in [-0.15, -0.1) is 34.4 Å². The molecule has 0 saturated carbocycles. The minimum absolute atomic E-state index is 0.124. The van der Waals surface area contributed by atoms with Gasteiger partial charge in [-0.05, 0) is 55.6 Å². The standard InChI is InChI=1S/C49H56N4O6S3Si/c1-47(2,3)58-46(57)53-37(29-41(45(55)56)59-63(7,8)48(4,5)6)43-52-39(31-61-43)42(54)50-40(44-51-38(30-60-44)33-21-13-9-14-22-33)32-62-49(34-23-15-10-16-24-34,35-25-17-11-18-26-35)36-27-19-12-20-28-36/h9-28,30-31,37,40-41H,29,32H2,1-8H3,(H,50,54)(H,53,57)(H,55,56)/t37-,40-,41-/m0/s1. The summed E-state index contributed by atoms with van der Waals surface area (Å²) in [5.41, 5.74) is 4.35. The molecule has 0 saturated heterocycles. The number of benzene rings is 4. The molecule has 0 radical (unpaired) electrons. The minimum Gasteiger partial charge on any atom is -0.479 e. The maximum atomic E-state index is 14.5. The highest BCUT2D eigenvalue weighted by atomic mass is 32.2. The van der Waals surface area contributed by atoms with Gasteiger partial charge in [-0.25, -0.2) is 19.6 Å². The van der Waals surface area contributed by atoms with Gasteiger partial charge < -0.3 is 24.9 Å². The Balaban J connectivity index is 1.36. The van der Waals surface area contributed by atoms with Crippen molar-refractivity contribution in [3.05, 3.63) is 164 Å². The fourth-order valence-corrected chi connectivity index (χ4v) is 11.4. The molecule has 3 atom stereocenters. The van der Waals surface area contributed by atoms with Crippen molar-refractivity contribution in [2.24, 2.45) is 0 Å². The summed E-state index contributed by atoms with van der Waals surface area (Å²) in [6, 6.07) is 39.6. The zero-order valence-corrected chi connectivity index (χ0v) is 40.4. The van der Waals surface area contributed by atoms with Crippen LogP contribution in [0.15, 0.2) is 132 Å². The lowest BCUT2D eigenvalue weighted by Crippen LogP contribution is -2.47. The van der Waals surface area contributed by atoms with Crippen molar-refractivity contribution in [1.82, 2.24) is 20.6 Å². The first-order valence-corrected chi connectivity index (χ1v) is 26.5. The van der Waals surface area contributed by atoms with Crippen LogP contribution in [-0.2, 0) is 18.7 Å². The highest BCUT2D eigenvalue weighted by Crippen LogP contribution is 2.50. The number of nitrogens with one attached hydrogen (secondary N) is 2. The summed E-state index contributed by atoms with van der Waals surface area (Å²) in [5, 5.41) is 20.9. The van der Waals surface area contributed by atoms with Crippen molar-refractivity contribution in [2.45, 2.75) is 94.6 Å². The molecule has 6 aromatic rings. The highest BCUT2D eigenvalue weighted by Gasteiger charge is 2.42. The molecule has 0 aliphatic heterocycles. The third kappa shape index (κ3) is 11.9. The number of carbonyl (C=O) groups excluding carboxylic acids is 2. The number of carbonyl (C=O) groups is 3. The largest absolute Gasteiger partial charge is 0.479 e. The van der Waals surface area contributed by atoms with Crippen molar-refractivity contribution in [1.29, 1.82) is 0 Å². The van der Waals surface area contributed by atoms with E-state index in [1.807, 2.05) is 124 Å². The molecule has 0 spiro atoms. The van der Waals surface area contributed by atoms with Crippen LogP contribution in [-0.4, -0.2) is 58.8 Å². The number of aliphatic carboxylic acids is 1. The lowest BCUT2D eigenvalue weighted by atomic mass is 9.84. The molecule has 63 heavy (non-hydrogen) atoms. The number of carboxylic acids is 1. The molecule has 14 heteroatoms. The number of rotatable bonds is 17. The molecule has 2 aromatic heterocycles. The molecule has 2 amide bonds. The zero-order chi connectivity index (χ0) is 45.4. The van der Waals surface area contributed by atoms with E-state index in [4.69, 9.17) is 19.1 Å². The van der Waals surface area contributed by atoms with Gasteiger partial charge in [-0.1, -0.05) is 142 Å². The molecule has 10 nitrogen and oxygen atoms in total. The second-order valence-corrected chi connectivity index (χ2v) is 25.5. The van der Waals surface area contributed by atoms with E-state index >= 15 is 0 Å². The van der Waals surface area contributed by atoms with E-state index < -0.39 is 54.8 Å². The number of carboxylic acid groups (broad SMARTS) is 1. The summed E-state index contributed by atoms with van der Waals surface area (Å²) in [5.74, 6) is -1.16. The first kappa shape index (κ1) is 47.4. The zero-order valence-electron chi connectivity index (χ0n) is 37.0. The lowest BCUT2D eigenvalue weighted by Gasteiger charge is -2.38. The molecule has 3 N–H and O–H groups in total. The van der Waals surface area contributed by atoms with Crippen LogP contribution in [0.1, 0.15) is 97.2 Å². The summed E-state index contributed by atoms with van der Waals surface area (Å²) in [6.45, 7) is 15.3. The number of hydrogen-bond acceptors (Lipinski definition) is 10. The molecule has 0 aliphatic carbocycles. The Kier molecular flexibility index (Phi) is 15.1. The quantitative estimate of drug-likeness (QED) is 0.0602. The molecule has 0 unspecified atom stereocenters. The first-order valence-electron chi connectivity index (χ1n) is 20.8. The Morgan fingerprint density at radius 3 is 1.68 bits per heavy atom. The Hall–Kier alpha value is -5.12. The monoisotopic (exact) mass is 920 g/mol. The van der Waals surface area contributed by atoms with Crippen LogP contribution in [0.5, 0.6) is 0 Å². The normalized spacial score (nSPS) is 13.7. The van der Waals surface area contributed by atoms with Gasteiger partial charge in [0.1, 0.15) is 27.4 Å². The number of thioether (sulfide) groups is 1. The fraction of sp³-hybridized carbons (Fsp3) is 0.327. The molecular formula is C49H56N4O6S3Si. The second kappa shape index (κ2) is 20.2. The van der Waals surface area contributed by atoms with Crippen molar-refractivity contribution < 1.29 is 28.7 Å². The number of aromatic nitrogens is 2. The maximum Gasteiger partial charge on any atom is 0.408 e. The average molecular weight is 921 g/mol. The molecule has 2 heterocycles. The van der Waals surface area contributed by atoms with Crippen LogP contribution in [0.4, 0.5) is 4.79 Å². The Labute approximate surface area is 384 Å². The van der Waals surface area contributed by atoms with Crippen LogP contribution >= 0.6 is 34.4 Å². The first-order chi connectivity index (χ1) is 29.9. The van der Waals surface area contributed by atoms with Gasteiger partial charge in [-0.3, -0.25) is 4.79 Å². The van der Waals surface area contributed by atoms with Crippen LogP contribution < -0.4 is 10.6 Å². The van der Waals surface area contributed by atoms with Gasteiger partial charge in [0.25, 0.3) is 5.91 Å². The number of hydrogen-bond donors (Lipinski definition) is 3. The number of alkyl carbamates (subject to hydrolysis) is 1. The summed E-state index contributed by atoms with van der Waals surface area (Å²) >= 11 is 4.36. The highest BCUT2D eigenvalue weighted by molar-refractivity contribution is 8.00. The number of amides is 2. The van der Waals surface area contributed by atoms with Gasteiger partial charge in [0.2, 0.25) is 0 Å². The predicted octanol–water partition coefficient (Wildman–Crippen LogP) is 11.9. The molecular weight excluding hydrogens is 865 g/mol. The Morgan fingerprint density at radius 1 is 0.698 bits per heavy atom. The van der Waals surface area contributed by atoms with Gasteiger partial charge >= 0.3 is 12.1 Å². The predicted molar refractivity (Wildman–Crippen MR) is 258 cm³/mol. The molecule has 330 valence electrons. The Morgan fingerprint density at radius 2 is 1.19 bits per heavy atom. The second-order valence-electron chi connectivity index (χ2n) is 17.8. The summed E-state index contributed by atoms with van der Waals surface area (Å²) in [6.07, 6.45) is -2.12. The van der Waals surface area contributed by atoms with Crippen molar-refractivity contribution in [2.75, 3.05) is 5.75 Å². The van der Waals surface area contributed by atoms with Crippen molar-refractivity contribution in [3.63, 3.8) is 0 Å². The minimum atomic E-state index is -2.56. The van der Waals surface area contributed by atoms with Crippen LogP contribution in [0, 0.1) is 0 Å². The number of thiazole rings is 2. The van der Waals surface area contributed by atoms with E-state index in [9.17, 15) is 19.5 Å². The maximum absolute atomic E-state index is 14.5. The van der Waals surface area contributed by atoms with Gasteiger partial charge in [0.05, 0.1) is 22.5 Å². The van der Waals surface area contributed by atoms with Crippen LogP contribution in [0.25, 0.3) is 11.3 Å². The van der Waals surface area contributed by atoms with Gasteiger partial charge in [-0.2, -0.15) is 0 Å². The van der Waals surface area contributed by atoms with Crippen LogP contribution in [0.2, 0.25) is 18.1 Å². The van der Waals surface area contributed by atoms with Gasteiger partial charge in [0.15, 0.2) is 8.32 Å². The third-order valence-electron chi connectivity index (χ3n) is 10.9. The topological polar surface area (TPSA) is 140 Å². The van der Waals surface area contributed by atoms with E-state index in [0.717, 1.165) is 44.3 Å². The van der Waals surface area contributed by atoms with E-state index in [-0.39, 0.29) is 17.2 Å². The summed E-state index contributed by atoms with van der Waals surface area (Å²) in [4.78, 5) is 50.3. The average Bonchev–Trinajstić information content (AvgIpc) is 3.95. The van der Waals surface area contributed by atoms with E-state index in [1.165, 1.54) is 11.3 Å². The third-order valence-corrected chi connectivity index (χ3v) is 19.0. The van der Waals surface area contributed by atoms with E-state index in [2.05, 4.69) is 47.0 Å². The summed E-state index contributed by atoms with van der Waals surface area (Å²) in [7, 11) is -2.56. The summed E-state index contributed by atoms with van der Waals surface area (Å²) < 4.78 is 11.3. The smallest absolute Gasteiger partial charge is 0.408 e. The Bertz CT molecular complexity index is 2340. The molecule has 4 aromatic carbocycles. The van der Waals surface area contributed by atoms with Crippen molar-refractivity contribution >= 4 is 60.7 Å². The molecule has 6 rings (SSSR count). The van der Waals surface area contributed by atoms with Crippen molar-refractivity contribution in [3.8, 4) is 11.3 Å². The lowest BCUT2D eigenvalue weighted by molar-refractivity contribution is -0.146. The van der Waals surface area contributed by atoms with Gasteiger partial charge in [0, 0.05) is 28.5 Å². The van der Waals surface area contributed by atoms with E-state index in [1.54, 1.807) is 37.9 Å². The number of nitrogens with zero attached hydrogens (tertiary/aromatic N) is 2. The fourth-order valence-electron chi connectivity index (χ4n) is 6.74. The SMILES string of the molecule is CC(C)(C)OC(=O)N[C@@H](C[C@H](O[Si](C)(C)C(C)(C)C)C(=O)O)c1nc(C(=O)N[C@@H](CSC(c2ccccc2)(c2ccccc2)c2ccccc2)c2nc(-c3ccccc3)cs2)cs1. The van der Waals surface area contributed by atoms with Crippen LogP contribution in [0.3, 0.4) is 0 Å². The molecule has 0 bridgehead atoms. The number of ether oxygens (including phenoxy) is 1. The molecule has 0 aliphatic rings. The van der Waals surface area contributed by atoms with E-state index in [0.29, 0.717) is 10.8 Å².